The van der Waals surface area contributed by atoms with Crippen LogP contribution in [0.15, 0.2) is 12.1 Å². The Hall–Kier alpha value is -1.47. The highest BCUT2D eigenvalue weighted by Crippen LogP contribution is 2.31. The number of alkyl halides is 1. The van der Waals surface area contributed by atoms with Crippen LogP contribution in [-0.2, 0) is 5.67 Å². The van der Waals surface area contributed by atoms with Crippen LogP contribution < -0.4 is 11.1 Å². The molecule has 114 valence electrons. The van der Waals surface area contributed by atoms with Crippen molar-refractivity contribution < 1.29 is 4.39 Å². The van der Waals surface area contributed by atoms with Crippen molar-refractivity contribution in [1.82, 2.24) is 15.0 Å². The molecule has 0 saturated heterocycles. The average molecular weight is 330 g/mol. The number of nitrogen functional groups attached to an aromatic ring is 1. The van der Waals surface area contributed by atoms with E-state index in [0.29, 0.717) is 4.34 Å². The summed E-state index contributed by atoms with van der Waals surface area (Å²) in [6.07, 6.45) is 0.802. The molecule has 0 saturated carbocycles. The van der Waals surface area contributed by atoms with Gasteiger partial charge in [0.2, 0.25) is 11.9 Å². The predicted octanol–water partition coefficient (Wildman–Crippen LogP) is 3.94. The summed E-state index contributed by atoms with van der Waals surface area (Å²) >= 11 is 7.43. The molecule has 1 atom stereocenters. The maximum Gasteiger partial charge on any atom is 0.228 e. The third-order valence-corrected chi connectivity index (χ3v) is 4.18. The second-order valence-electron chi connectivity index (χ2n) is 5.06. The second kappa shape index (κ2) is 6.11. The van der Waals surface area contributed by atoms with Gasteiger partial charge >= 0.3 is 0 Å². The molecule has 0 bridgehead atoms. The summed E-state index contributed by atoms with van der Waals surface area (Å²) in [6.45, 7) is 4.78. The zero-order valence-electron chi connectivity index (χ0n) is 12.0. The van der Waals surface area contributed by atoms with Crippen molar-refractivity contribution in [2.45, 2.75) is 38.9 Å². The van der Waals surface area contributed by atoms with E-state index in [1.165, 1.54) is 25.2 Å². The Bertz CT molecular complexity index is 625. The molecule has 0 radical (unpaired) electrons. The largest absolute Gasteiger partial charge is 0.368 e. The van der Waals surface area contributed by atoms with Crippen molar-refractivity contribution in [1.29, 1.82) is 0 Å². The van der Waals surface area contributed by atoms with Crippen molar-refractivity contribution >= 4 is 34.8 Å². The average Bonchev–Trinajstić information content (AvgIpc) is 2.81. The first-order valence-electron chi connectivity index (χ1n) is 6.52. The summed E-state index contributed by atoms with van der Waals surface area (Å²) < 4.78 is 14.7. The highest BCUT2D eigenvalue weighted by Gasteiger charge is 2.25. The minimum atomic E-state index is -1.68. The van der Waals surface area contributed by atoms with E-state index in [2.05, 4.69) is 20.3 Å². The molecule has 2 aromatic rings. The monoisotopic (exact) mass is 329 g/mol. The number of nitrogens with two attached hydrogens (primary N) is 1. The van der Waals surface area contributed by atoms with Crippen LogP contribution in [0, 0.1) is 0 Å². The van der Waals surface area contributed by atoms with Gasteiger partial charge in [-0.2, -0.15) is 15.0 Å². The van der Waals surface area contributed by atoms with Gasteiger partial charge in [0.25, 0.3) is 0 Å². The van der Waals surface area contributed by atoms with E-state index in [1.807, 2.05) is 19.1 Å². The molecular weight excluding hydrogens is 313 g/mol. The van der Waals surface area contributed by atoms with Crippen molar-refractivity contribution in [3.63, 3.8) is 0 Å². The van der Waals surface area contributed by atoms with E-state index in [9.17, 15) is 4.39 Å². The molecule has 0 aliphatic heterocycles. The fraction of sp³-hybridized carbons (Fsp3) is 0.462. The third kappa shape index (κ3) is 4.01. The van der Waals surface area contributed by atoms with Crippen LogP contribution in [0.3, 0.4) is 0 Å². The first-order chi connectivity index (χ1) is 9.79. The number of halogens is 2. The van der Waals surface area contributed by atoms with Gasteiger partial charge in [0.05, 0.1) is 10.4 Å². The van der Waals surface area contributed by atoms with Crippen LogP contribution in [0.4, 0.5) is 16.3 Å². The Balaban J connectivity index is 2.27. The third-order valence-electron chi connectivity index (χ3n) is 2.83. The van der Waals surface area contributed by atoms with Gasteiger partial charge in [-0.05, 0) is 32.4 Å². The van der Waals surface area contributed by atoms with Crippen LogP contribution >= 0.6 is 22.9 Å². The molecule has 0 fully saturated rings. The lowest BCUT2D eigenvalue weighted by atomic mass is 10.1. The summed E-state index contributed by atoms with van der Waals surface area (Å²) in [5, 5.41) is 3.15. The first-order valence-corrected chi connectivity index (χ1v) is 7.71. The summed E-state index contributed by atoms with van der Waals surface area (Å²) in [7, 11) is 0. The van der Waals surface area contributed by atoms with E-state index < -0.39 is 5.67 Å². The number of hydrogen-bond acceptors (Lipinski definition) is 6. The highest BCUT2D eigenvalue weighted by molar-refractivity contribution is 7.16. The van der Waals surface area contributed by atoms with Gasteiger partial charge in [0, 0.05) is 4.88 Å². The number of rotatable bonds is 5. The predicted molar refractivity (Wildman–Crippen MR) is 84.4 cm³/mol. The van der Waals surface area contributed by atoms with Gasteiger partial charge in [0.15, 0.2) is 11.5 Å². The second-order valence-corrected chi connectivity index (χ2v) is 6.81. The maximum atomic E-state index is 14.0. The van der Waals surface area contributed by atoms with E-state index in [4.69, 9.17) is 17.3 Å². The molecule has 0 unspecified atom stereocenters. The molecule has 3 N–H and O–H groups in total. The van der Waals surface area contributed by atoms with E-state index in [1.54, 1.807) is 0 Å². The number of nitrogens with one attached hydrogen (secondary N) is 1. The molecule has 0 amide bonds. The van der Waals surface area contributed by atoms with Crippen LogP contribution in [0.25, 0.3) is 0 Å². The standard InChI is InChI=1S/C13H17ClFN5S/c1-4-7(8-5-6-9(14)21-8)17-12-19-10(13(2,3)15)18-11(16)20-12/h5-7H,4H2,1-3H3,(H3,16,17,18,19,20)/t7-/m1/s1. The molecular formula is C13H17ClFN5S. The molecule has 8 heteroatoms. The molecule has 2 aromatic heterocycles. The SMILES string of the molecule is CC[C@@H](Nc1nc(N)nc(C(C)(C)F)n1)c1ccc(Cl)s1. The van der Waals surface area contributed by atoms with Crippen LogP contribution in [0.5, 0.6) is 0 Å². The fourth-order valence-electron chi connectivity index (χ4n) is 1.77. The smallest absolute Gasteiger partial charge is 0.228 e. The molecule has 0 spiro atoms. The van der Waals surface area contributed by atoms with Crippen molar-refractivity contribution in [3.05, 3.63) is 27.2 Å². The number of aromatic nitrogens is 3. The van der Waals surface area contributed by atoms with E-state index in [0.717, 1.165) is 11.3 Å². The fourth-order valence-corrected chi connectivity index (χ4v) is 2.96. The Labute approximate surface area is 131 Å². The summed E-state index contributed by atoms with van der Waals surface area (Å²) in [6, 6.07) is 3.77. The first kappa shape index (κ1) is 15.9. The van der Waals surface area contributed by atoms with Crippen molar-refractivity contribution in [2.24, 2.45) is 0 Å². The number of anilines is 2. The molecule has 5 nitrogen and oxygen atoms in total. The van der Waals surface area contributed by atoms with Crippen LogP contribution in [-0.4, -0.2) is 15.0 Å². The number of hydrogen-bond donors (Lipinski definition) is 2. The van der Waals surface area contributed by atoms with Gasteiger partial charge in [-0.25, -0.2) is 4.39 Å². The normalized spacial score (nSPS) is 13.2. The Morgan fingerprint density at radius 1 is 1.38 bits per heavy atom. The Kier molecular flexibility index (Phi) is 4.63. The minimum absolute atomic E-state index is 0.00714. The van der Waals surface area contributed by atoms with E-state index in [-0.39, 0.29) is 23.8 Å². The van der Waals surface area contributed by atoms with Crippen molar-refractivity contribution in [2.75, 3.05) is 11.1 Å². The molecule has 21 heavy (non-hydrogen) atoms. The lowest BCUT2D eigenvalue weighted by Crippen LogP contribution is -2.19. The van der Waals surface area contributed by atoms with Crippen molar-refractivity contribution in [3.8, 4) is 0 Å². The zero-order valence-corrected chi connectivity index (χ0v) is 13.6. The highest BCUT2D eigenvalue weighted by atomic mass is 35.5. The minimum Gasteiger partial charge on any atom is -0.368 e. The molecule has 0 aromatic carbocycles. The lowest BCUT2D eigenvalue weighted by molar-refractivity contribution is 0.206. The van der Waals surface area contributed by atoms with Crippen LogP contribution in [0.2, 0.25) is 4.34 Å². The topological polar surface area (TPSA) is 76.7 Å². The molecule has 2 rings (SSSR count). The van der Waals surface area contributed by atoms with Gasteiger partial charge in [0.1, 0.15) is 0 Å². The summed E-state index contributed by atoms with van der Waals surface area (Å²) in [4.78, 5) is 13.0. The van der Waals surface area contributed by atoms with Gasteiger partial charge in [-0.1, -0.05) is 18.5 Å². The quantitative estimate of drug-likeness (QED) is 0.869. The Morgan fingerprint density at radius 3 is 2.62 bits per heavy atom. The molecule has 0 aliphatic carbocycles. The van der Waals surface area contributed by atoms with Gasteiger partial charge in [-0.3, -0.25) is 0 Å². The van der Waals surface area contributed by atoms with Gasteiger partial charge < -0.3 is 11.1 Å². The molecule has 0 aliphatic rings. The lowest BCUT2D eigenvalue weighted by Gasteiger charge is -2.18. The number of thiophene rings is 1. The molecule has 2 heterocycles. The zero-order chi connectivity index (χ0) is 15.6. The number of nitrogens with zero attached hydrogens (tertiary/aromatic N) is 3. The summed E-state index contributed by atoms with van der Waals surface area (Å²) in [5.41, 5.74) is 3.95. The van der Waals surface area contributed by atoms with Crippen LogP contribution in [0.1, 0.15) is 43.9 Å². The Morgan fingerprint density at radius 2 is 2.10 bits per heavy atom. The maximum absolute atomic E-state index is 14.0. The van der Waals surface area contributed by atoms with Gasteiger partial charge in [-0.15, -0.1) is 11.3 Å². The summed E-state index contributed by atoms with van der Waals surface area (Å²) in [5.74, 6) is 0.267. The van der Waals surface area contributed by atoms with E-state index >= 15 is 0 Å².